The first-order valence-electron chi connectivity index (χ1n) is 5.52. The Labute approximate surface area is 106 Å². The molecule has 0 spiro atoms. The number of hydrogen-bond acceptors (Lipinski definition) is 3. The molecular weight excluding hydrogens is 234 g/mol. The second kappa shape index (κ2) is 5.53. The van der Waals surface area contributed by atoms with Crippen LogP contribution in [0, 0.1) is 0 Å². The van der Waals surface area contributed by atoms with Gasteiger partial charge in [-0.1, -0.05) is 12.1 Å². The fourth-order valence-electron chi connectivity index (χ4n) is 1.71. The normalized spacial score (nSPS) is 13.5. The summed E-state index contributed by atoms with van der Waals surface area (Å²) in [6.07, 6.45) is 0.214. The Bertz CT molecular complexity index is 441. The maximum Gasteiger partial charge on any atom is 0.329 e. The molecule has 0 radical (unpaired) electrons. The predicted octanol–water partition coefficient (Wildman–Crippen LogP) is 1.22. The zero-order valence-electron chi connectivity index (χ0n) is 10.7. The summed E-state index contributed by atoms with van der Waals surface area (Å²) in [6.45, 7) is 2.79. The summed E-state index contributed by atoms with van der Waals surface area (Å²) < 4.78 is 5.03. The molecule has 2 N–H and O–H groups in total. The number of methoxy groups -OCH3 is 1. The van der Waals surface area contributed by atoms with E-state index in [0.717, 1.165) is 5.56 Å². The lowest BCUT2D eigenvalue weighted by molar-refractivity contribution is -0.146. The van der Waals surface area contributed by atoms with E-state index in [2.05, 4.69) is 5.32 Å². The molecule has 1 amide bonds. The van der Waals surface area contributed by atoms with Crippen LogP contribution in [0.1, 0.15) is 19.4 Å². The van der Waals surface area contributed by atoms with E-state index in [4.69, 9.17) is 4.74 Å². The van der Waals surface area contributed by atoms with Gasteiger partial charge in [-0.05, 0) is 24.6 Å². The first-order chi connectivity index (χ1) is 8.37. The minimum Gasteiger partial charge on any atom is -0.497 e. The van der Waals surface area contributed by atoms with Gasteiger partial charge in [0.2, 0.25) is 5.91 Å². The Morgan fingerprint density at radius 3 is 2.28 bits per heavy atom. The van der Waals surface area contributed by atoms with E-state index in [1.54, 1.807) is 31.4 Å². The second-order valence-electron chi connectivity index (χ2n) is 4.34. The molecular formula is C13H17NO4. The summed E-state index contributed by atoms with van der Waals surface area (Å²) in [6, 6.07) is 7.07. The number of aliphatic carboxylic acids is 1. The van der Waals surface area contributed by atoms with Crippen molar-refractivity contribution in [3.05, 3.63) is 29.8 Å². The summed E-state index contributed by atoms with van der Waals surface area (Å²) in [7, 11) is 1.56. The summed E-state index contributed by atoms with van der Waals surface area (Å²) in [5.74, 6) is -0.725. The smallest absolute Gasteiger partial charge is 0.329 e. The van der Waals surface area contributed by atoms with Gasteiger partial charge >= 0.3 is 5.97 Å². The second-order valence-corrected chi connectivity index (χ2v) is 4.34. The molecule has 5 heteroatoms. The van der Waals surface area contributed by atoms with E-state index in [-0.39, 0.29) is 12.3 Å². The Morgan fingerprint density at radius 1 is 1.33 bits per heavy atom. The van der Waals surface area contributed by atoms with Gasteiger partial charge in [-0.25, -0.2) is 4.79 Å². The molecule has 0 aliphatic heterocycles. The minimum atomic E-state index is -1.31. The number of amides is 1. The summed E-state index contributed by atoms with van der Waals surface area (Å²) in [4.78, 5) is 22.3. The van der Waals surface area contributed by atoms with Crippen molar-refractivity contribution < 1.29 is 19.4 Å². The van der Waals surface area contributed by atoms with Crippen LogP contribution in [0.2, 0.25) is 0 Å². The first kappa shape index (κ1) is 14.0. The molecule has 0 bridgehead atoms. The van der Waals surface area contributed by atoms with Gasteiger partial charge in [-0.15, -0.1) is 0 Å². The van der Waals surface area contributed by atoms with Crippen LogP contribution < -0.4 is 10.1 Å². The molecule has 1 rings (SSSR count). The third kappa shape index (κ3) is 3.48. The molecule has 0 saturated carbocycles. The zero-order chi connectivity index (χ0) is 13.8. The van der Waals surface area contributed by atoms with Gasteiger partial charge in [0.05, 0.1) is 7.11 Å². The van der Waals surface area contributed by atoms with Crippen LogP contribution in [0.5, 0.6) is 5.75 Å². The quantitative estimate of drug-likeness (QED) is 0.825. The highest BCUT2D eigenvalue weighted by atomic mass is 16.5. The number of rotatable bonds is 5. The molecule has 0 saturated heterocycles. The topological polar surface area (TPSA) is 75.6 Å². The van der Waals surface area contributed by atoms with E-state index in [0.29, 0.717) is 5.75 Å². The van der Waals surface area contributed by atoms with Gasteiger partial charge in [0.15, 0.2) is 0 Å². The summed E-state index contributed by atoms with van der Waals surface area (Å²) in [5, 5.41) is 11.7. The van der Waals surface area contributed by atoms with Crippen LogP contribution in [0.15, 0.2) is 24.3 Å². The lowest BCUT2D eigenvalue weighted by Gasteiger charge is -2.25. The predicted molar refractivity (Wildman–Crippen MR) is 66.6 cm³/mol. The highest BCUT2D eigenvalue weighted by molar-refractivity contribution is 5.85. The monoisotopic (exact) mass is 251 g/mol. The largest absolute Gasteiger partial charge is 0.497 e. The number of carboxylic acids is 1. The molecule has 0 heterocycles. The van der Waals surface area contributed by atoms with Gasteiger partial charge < -0.3 is 15.2 Å². The summed E-state index contributed by atoms with van der Waals surface area (Å²) >= 11 is 0. The molecule has 0 aromatic heterocycles. The van der Waals surface area contributed by atoms with Gasteiger partial charge in [-0.2, -0.15) is 0 Å². The molecule has 1 aromatic rings. The van der Waals surface area contributed by atoms with Crippen molar-refractivity contribution in [1.29, 1.82) is 0 Å². The maximum absolute atomic E-state index is 11.2. The molecule has 1 aromatic carbocycles. The van der Waals surface area contributed by atoms with Crippen molar-refractivity contribution in [2.75, 3.05) is 7.11 Å². The van der Waals surface area contributed by atoms with E-state index < -0.39 is 11.5 Å². The highest BCUT2D eigenvalue weighted by Gasteiger charge is 2.34. The van der Waals surface area contributed by atoms with Gasteiger partial charge in [-0.3, -0.25) is 4.79 Å². The Hall–Kier alpha value is -2.04. The van der Waals surface area contributed by atoms with E-state index in [1.807, 2.05) is 0 Å². The molecule has 5 nitrogen and oxygen atoms in total. The summed E-state index contributed by atoms with van der Waals surface area (Å²) in [5.41, 5.74) is -0.491. The standard InChI is InChI=1S/C13H17NO4/c1-9(15)14-13(2,12(16)17)8-10-4-6-11(18-3)7-5-10/h4-7H,8H2,1-3H3,(H,14,15)(H,16,17). The number of benzene rings is 1. The van der Waals surface area contributed by atoms with Crippen LogP contribution in [0.3, 0.4) is 0 Å². The lowest BCUT2D eigenvalue weighted by atomic mass is 9.92. The minimum absolute atomic E-state index is 0.214. The van der Waals surface area contributed by atoms with Crippen molar-refractivity contribution in [3.8, 4) is 5.75 Å². The molecule has 0 aliphatic rings. The molecule has 0 aliphatic carbocycles. The average Bonchev–Trinajstić information content (AvgIpc) is 2.28. The fraction of sp³-hybridized carbons (Fsp3) is 0.385. The average molecular weight is 251 g/mol. The Balaban J connectivity index is 2.89. The number of nitrogens with one attached hydrogen (secondary N) is 1. The lowest BCUT2D eigenvalue weighted by Crippen LogP contribution is -2.53. The SMILES string of the molecule is COc1ccc(CC(C)(NC(C)=O)C(=O)O)cc1. The molecule has 1 atom stereocenters. The zero-order valence-corrected chi connectivity index (χ0v) is 10.7. The number of carboxylic acid groups (broad SMARTS) is 1. The van der Waals surface area contributed by atoms with Crippen molar-refractivity contribution >= 4 is 11.9 Å². The third-order valence-corrected chi connectivity index (χ3v) is 2.64. The van der Waals surface area contributed by atoms with Crippen molar-refractivity contribution in [2.45, 2.75) is 25.8 Å². The molecule has 18 heavy (non-hydrogen) atoms. The van der Waals surface area contributed by atoms with E-state index >= 15 is 0 Å². The fourth-order valence-corrected chi connectivity index (χ4v) is 1.71. The van der Waals surface area contributed by atoms with Crippen molar-refractivity contribution in [3.63, 3.8) is 0 Å². The highest BCUT2D eigenvalue weighted by Crippen LogP contribution is 2.17. The van der Waals surface area contributed by atoms with Crippen molar-refractivity contribution in [1.82, 2.24) is 5.32 Å². The third-order valence-electron chi connectivity index (χ3n) is 2.64. The number of ether oxygens (including phenoxy) is 1. The molecule has 98 valence electrons. The van der Waals surface area contributed by atoms with E-state index in [9.17, 15) is 14.7 Å². The van der Waals surface area contributed by atoms with Gasteiger partial charge in [0.25, 0.3) is 0 Å². The number of hydrogen-bond donors (Lipinski definition) is 2. The first-order valence-corrected chi connectivity index (χ1v) is 5.52. The van der Waals surface area contributed by atoms with Crippen LogP contribution >= 0.6 is 0 Å². The van der Waals surface area contributed by atoms with Gasteiger partial charge in [0.1, 0.15) is 11.3 Å². The maximum atomic E-state index is 11.2. The van der Waals surface area contributed by atoms with E-state index in [1.165, 1.54) is 13.8 Å². The number of carbonyl (C=O) groups excluding carboxylic acids is 1. The van der Waals surface area contributed by atoms with Crippen molar-refractivity contribution in [2.24, 2.45) is 0 Å². The Morgan fingerprint density at radius 2 is 1.89 bits per heavy atom. The van der Waals surface area contributed by atoms with Crippen LogP contribution in [-0.4, -0.2) is 29.6 Å². The van der Waals surface area contributed by atoms with Crippen LogP contribution in [0.4, 0.5) is 0 Å². The molecule has 1 unspecified atom stereocenters. The molecule has 0 fully saturated rings. The van der Waals surface area contributed by atoms with Crippen LogP contribution in [-0.2, 0) is 16.0 Å². The Kier molecular flexibility index (Phi) is 4.31. The van der Waals surface area contributed by atoms with Gasteiger partial charge in [0, 0.05) is 13.3 Å². The van der Waals surface area contributed by atoms with Crippen LogP contribution in [0.25, 0.3) is 0 Å². The number of carbonyl (C=O) groups is 2.